The molecule has 0 bridgehead atoms. The fraction of sp³-hybridized carbons (Fsp3) is 0.312. The number of nitro benzene ring substituents is 1. The molecule has 2 rings (SSSR count). The summed E-state index contributed by atoms with van der Waals surface area (Å²) in [6, 6.07) is 5.66. The molecule has 1 aromatic heterocycles. The van der Waals surface area contributed by atoms with Gasteiger partial charge >= 0.3 is 5.97 Å². The molecule has 0 spiro atoms. The van der Waals surface area contributed by atoms with Gasteiger partial charge in [0, 0.05) is 18.8 Å². The quantitative estimate of drug-likeness (QED) is 0.593. The number of nitrogens with zero attached hydrogens (tertiary/aromatic N) is 2. The second kappa shape index (κ2) is 7.49. The first-order valence-electron chi connectivity index (χ1n) is 7.48. The third kappa shape index (κ3) is 3.65. The molecule has 24 heavy (non-hydrogen) atoms. The topological polar surface area (TPSA) is 122 Å². The molecule has 1 unspecified atom stereocenters. The summed E-state index contributed by atoms with van der Waals surface area (Å²) in [6.07, 6.45) is 2.59. The number of rotatable bonds is 7. The number of carboxylic acid groups (broad SMARTS) is 1. The Labute approximate surface area is 137 Å². The van der Waals surface area contributed by atoms with Crippen LogP contribution in [-0.2, 0) is 4.79 Å². The largest absolute Gasteiger partial charge is 0.481 e. The molecule has 0 saturated carbocycles. The minimum Gasteiger partial charge on any atom is -0.481 e. The van der Waals surface area contributed by atoms with Gasteiger partial charge in [0.25, 0.3) is 11.6 Å². The molecule has 1 atom stereocenters. The van der Waals surface area contributed by atoms with E-state index in [-0.39, 0.29) is 28.7 Å². The molecule has 0 aliphatic heterocycles. The number of hydrogen-bond acceptors (Lipinski definition) is 5. The maximum atomic E-state index is 12.4. The number of amides is 1. The van der Waals surface area contributed by atoms with Crippen LogP contribution >= 0.6 is 0 Å². The molecule has 1 amide bonds. The predicted molar refractivity (Wildman–Crippen MR) is 86.8 cm³/mol. The first-order valence-corrected chi connectivity index (χ1v) is 7.48. The second-order valence-corrected chi connectivity index (χ2v) is 5.32. The number of pyridine rings is 1. The van der Waals surface area contributed by atoms with Crippen LogP contribution in [0.5, 0.6) is 0 Å². The average molecular weight is 331 g/mol. The maximum Gasteiger partial charge on any atom is 0.308 e. The monoisotopic (exact) mass is 331 g/mol. The van der Waals surface area contributed by atoms with Crippen molar-refractivity contribution in [2.24, 2.45) is 5.92 Å². The lowest BCUT2D eigenvalue weighted by Crippen LogP contribution is -2.33. The molecule has 8 heteroatoms. The van der Waals surface area contributed by atoms with E-state index in [0.717, 1.165) is 0 Å². The standard InChI is InChI=1S/C16H17N3O5/c1-2-4-10(16(21)22)9-18-15(20)12-6-7-13(19(23)24)11-5-3-8-17-14(11)12/h3,5-8,10H,2,4,9H2,1H3,(H,18,20)(H,21,22). The molecule has 1 aromatic carbocycles. The number of aliphatic carboxylic acids is 1. The van der Waals surface area contributed by atoms with Crippen molar-refractivity contribution in [3.63, 3.8) is 0 Å². The number of carboxylic acids is 1. The maximum absolute atomic E-state index is 12.4. The van der Waals surface area contributed by atoms with Gasteiger partial charge in [-0.1, -0.05) is 13.3 Å². The van der Waals surface area contributed by atoms with Gasteiger partial charge < -0.3 is 10.4 Å². The van der Waals surface area contributed by atoms with Crippen LogP contribution in [-0.4, -0.2) is 33.4 Å². The van der Waals surface area contributed by atoms with Crippen molar-refractivity contribution in [3.8, 4) is 0 Å². The summed E-state index contributed by atoms with van der Waals surface area (Å²) in [5, 5.41) is 23.0. The van der Waals surface area contributed by atoms with E-state index < -0.39 is 22.7 Å². The molecule has 0 saturated heterocycles. The van der Waals surface area contributed by atoms with Crippen LogP contribution in [0.1, 0.15) is 30.1 Å². The molecule has 0 aliphatic rings. The highest BCUT2D eigenvalue weighted by atomic mass is 16.6. The Bertz CT molecular complexity index is 790. The van der Waals surface area contributed by atoms with Crippen LogP contribution in [0.2, 0.25) is 0 Å². The predicted octanol–water partition coefficient (Wildman–Crippen LogP) is 2.37. The molecule has 0 radical (unpaired) electrons. The number of nitrogens with one attached hydrogen (secondary N) is 1. The molecular formula is C16H17N3O5. The first kappa shape index (κ1) is 17.3. The molecular weight excluding hydrogens is 314 g/mol. The third-order valence-electron chi connectivity index (χ3n) is 3.68. The summed E-state index contributed by atoms with van der Waals surface area (Å²) < 4.78 is 0. The summed E-state index contributed by atoms with van der Waals surface area (Å²) in [4.78, 5) is 38.1. The summed E-state index contributed by atoms with van der Waals surface area (Å²) in [6.45, 7) is 1.86. The molecule has 1 heterocycles. The van der Waals surface area contributed by atoms with E-state index in [1.807, 2.05) is 6.92 Å². The Balaban J connectivity index is 2.29. The van der Waals surface area contributed by atoms with Crippen molar-refractivity contribution in [3.05, 3.63) is 46.1 Å². The Morgan fingerprint density at radius 2 is 2.12 bits per heavy atom. The lowest BCUT2D eigenvalue weighted by molar-refractivity contribution is -0.383. The SMILES string of the molecule is CCCC(CNC(=O)c1ccc([N+](=O)[O-])c2cccnc12)C(=O)O. The minimum absolute atomic E-state index is 0.00663. The van der Waals surface area contributed by atoms with Gasteiger partial charge in [0.05, 0.1) is 27.3 Å². The summed E-state index contributed by atoms with van der Waals surface area (Å²) in [5.74, 6) is -2.14. The molecule has 0 fully saturated rings. The number of non-ortho nitro benzene ring substituents is 1. The van der Waals surface area contributed by atoms with Crippen LogP contribution in [0.25, 0.3) is 10.9 Å². The highest BCUT2D eigenvalue weighted by Gasteiger charge is 2.21. The first-order chi connectivity index (χ1) is 11.5. The Hall–Kier alpha value is -3.03. The van der Waals surface area contributed by atoms with Gasteiger partial charge in [-0.2, -0.15) is 0 Å². The number of hydrogen-bond donors (Lipinski definition) is 2. The van der Waals surface area contributed by atoms with Crippen molar-refractivity contribution in [1.29, 1.82) is 0 Å². The van der Waals surface area contributed by atoms with Crippen LogP contribution < -0.4 is 5.32 Å². The van der Waals surface area contributed by atoms with E-state index in [1.54, 1.807) is 6.07 Å². The smallest absolute Gasteiger partial charge is 0.308 e. The number of fused-ring (bicyclic) bond motifs is 1. The summed E-state index contributed by atoms with van der Waals surface area (Å²) in [5.41, 5.74) is 0.257. The van der Waals surface area contributed by atoms with E-state index in [2.05, 4.69) is 10.3 Å². The highest BCUT2D eigenvalue weighted by molar-refractivity contribution is 6.07. The van der Waals surface area contributed by atoms with Gasteiger partial charge in [-0.05, 0) is 24.6 Å². The molecule has 2 aromatic rings. The van der Waals surface area contributed by atoms with Crippen LogP contribution in [0.4, 0.5) is 5.69 Å². The van der Waals surface area contributed by atoms with Gasteiger partial charge in [0.2, 0.25) is 0 Å². The van der Waals surface area contributed by atoms with E-state index in [1.165, 1.54) is 24.4 Å². The fourth-order valence-corrected chi connectivity index (χ4v) is 2.47. The van der Waals surface area contributed by atoms with E-state index in [4.69, 9.17) is 5.11 Å². The lowest BCUT2D eigenvalue weighted by Gasteiger charge is -2.13. The van der Waals surface area contributed by atoms with Crippen LogP contribution in [0, 0.1) is 16.0 Å². The zero-order valence-corrected chi connectivity index (χ0v) is 13.1. The Morgan fingerprint density at radius 1 is 1.38 bits per heavy atom. The Kier molecular flexibility index (Phi) is 5.41. The van der Waals surface area contributed by atoms with Crippen molar-refractivity contribution in [2.75, 3.05) is 6.54 Å². The van der Waals surface area contributed by atoms with E-state index >= 15 is 0 Å². The Morgan fingerprint density at radius 3 is 2.75 bits per heavy atom. The summed E-state index contributed by atoms with van der Waals surface area (Å²) in [7, 11) is 0. The van der Waals surface area contributed by atoms with Crippen LogP contribution in [0.15, 0.2) is 30.5 Å². The van der Waals surface area contributed by atoms with Crippen molar-refractivity contribution < 1.29 is 19.6 Å². The normalized spacial score (nSPS) is 11.9. The number of benzene rings is 1. The van der Waals surface area contributed by atoms with Gasteiger partial charge in [-0.25, -0.2) is 0 Å². The molecule has 2 N–H and O–H groups in total. The zero-order chi connectivity index (χ0) is 17.7. The average Bonchev–Trinajstić information content (AvgIpc) is 2.56. The zero-order valence-electron chi connectivity index (χ0n) is 13.1. The van der Waals surface area contributed by atoms with Gasteiger partial charge in [0.1, 0.15) is 0 Å². The second-order valence-electron chi connectivity index (χ2n) is 5.32. The van der Waals surface area contributed by atoms with Crippen molar-refractivity contribution in [1.82, 2.24) is 10.3 Å². The molecule has 0 aliphatic carbocycles. The van der Waals surface area contributed by atoms with Crippen molar-refractivity contribution in [2.45, 2.75) is 19.8 Å². The van der Waals surface area contributed by atoms with Crippen molar-refractivity contribution >= 4 is 28.5 Å². The number of carbonyl (C=O) groups excluding carboxylic acids is 1. The van der Waals surface area contributed by atoms with Crippen LogP contribution in [0.3, 0.4) is 0 Å². The number of aromatic nitrogens is 1. The lowest BCUT2D eigenvalue weighted by atomic mass is 10.0. The molecule has 8 nitrogen and oxygen atoms in total. The number of nitro groups is 1. The minimum atomic E-state index is -0.969. The van der Waals surface area contributed by atoms with Gasteiger partial charge in [-0.3, -0.25) is 24.7 Å². The van der Waals surface area contributed by atoms with E-state index in [9.17, 15) is 19.7 Å². The number of carbonyl (C=O) groups is 2. The van der Waals surface area contributed by atoms with Gasteiger partial charge in [-0.15, -0.1) is 0 Å². The molecule has 126 valence electrons. The summed E-state index contributed by atoms with van der Waals surface area (Å²) >= 11 is 0. The highest BCUT2D eigenvalue weighted by Crippen LogP contribution is 2.26. The third-order valence-corrected chi connectivity index (χ3v) is 3.68. The van der Waals surface area contributed by atoms with E-state index in [0.29, 0.717) is 12.8 Å². The fourth-order valence-electron chi connectivity index (χ4n) is 2.47. The van der Waals surface area contributed by atoms with Gasteiger partial charge in [0.15, 0.2) is 0 Å².